The Kier molecular flexibility index (Phi) is 5.64. The summed E-state index contributed by atoms with van der Waals surface area (Å²) in [5, 5.41) is 1.23. The Morgan fingerprint density at radius 2 is 2.00 bits per heavy atom. The molecule has 2 aromatic heterocycles. The molecule has 3 aromatic rings. The van der Waals surface area contributed by atoms with Crippen molar-refractivity contribution in [3.05, 3.63) is 82.0 Å². The van der Waals surface area contributed by atoms with Crippen molar-refractivity contribution < 1.29 is 0 Å². The smallest absolute Gasteiger partial charge is 0.268 e. The van der Waals surface area contributed by atoms with E-state index in [0.29, 0.717) is 11.8 Å². The Hall–Kier alpha value is -2.05. The fraction of sp³-hybridized carbons (Fsp3) is 0.286. The van der Waals surface area contributed by atoms with Gasteiger partial charge in [0.05, 0.1) is 10.6 Å². The standard InChI is InChI=1S/C21H21N3OS2/c1-15-12-18-19(27-15)20(25)24(11-9-16-6-3-2-4-7-16)21(23-18)26-14-17-8-5-10-22-13-17/h2-8,10,13,15H,9,11-12,14H2,1H3. The number of pyridine rings is 1. The van der Waals surface area contributed by atoms with Crippen molar-refractivity contribution in [3.8, 4) is 0 Å². The molecule has 0 bridgehead atoms. The van der Waals surface area contributed by atoms with Crippen LogP contribution < -0.4 is 5.56 Å². The predicted molar refractivity (Wildman–Crippen MR) is 111 cm³/mol. The van der Waals surface area contributed by atoms with E-state index in [-0.39, 0.29) is 5.56 Å². The molecule has 1 unspecified atom stereocenters. The topological polar surface area (TPSA) is 47.8 Å². The summed E-state index contributed by atoms with van der Waals surface area (Å²) >= 11 is 3.28. The summed E-state index contributed by atoms with van der Waals surface area (Å²) in [5.74, 6) is 0.757. The largest absolute Gasteiger partial charge is 0.286 e. The van der Waals surface area contributed by atoms with Crippen LogP contribution in [0.25, 0.3) is 0 Å². The highest BCUT2D eigenvalue weighted by molar-refractivity contribution is 8.00. The highest BCUT2D eigenvalue weighted by atomic mass is 32.2. The van der Waals surface area contributed by atoms with Crippen LogP contribution in [0.15, 0.2) is 69.7 Å². The molecular formula is C21H21N3OS2. The van der Waals surface area contributed by atoms with Gasteiger partial charge in [0.25, 0.3) is 5.56 Å². The van der Waals surface area contributed by atoms with Gasteiger partial charge >= 0.3 is 0 Å². The number of fused-ring (bicyclic) bond motifs is 1. The third kappa shape index (κ3) is 4.28. The average Bonchev–Trinajstić information content (AvgIpc) is 3.08. The number of thioether (sulfide) groups is 2. The quantitative estimate of drug-likeness (QED) is 0.462. The van der Waals surface area contributed by atoms with Crippen molar-refractivity contribution in [2.24, 2.45) is 0 Å². The number of nitrogens with zero attached hydrogens (tertiary/aromatic N) is 3. The highest BCUT2D eigenvalue weighted by Crippen LogP contribution is 2.34. The number of hydrogen-bond acceptors (Lipinski definition) is 5. The summed E-state index contributed by atoms with van der Waals surface area (Å²) in [6.07, 6.45) is 5.33. The number of hydrogen-bond donors (Lipinski definition) is 0. The zero-order chi connectivity index (χ0) is 18.6. The molecule has 4 rings (SSSR count). The highest BCUT2D eigenvalue weighted by Gasteiger charge is 2.26. The first-order valence-electron chi connectivity index (χ1n) is 9.06. The molecule has 0 N–H and O–H groups in total. The summed E-state index contributed by atoms with van der Waals surface area (Å²) < 4.78 is 1.86. The molecule has 3 heterocycles. The fourth-order valence-electron chi connectivity index (χ4n) is 3.16. The second-order valence-electron chi connectivity index (χ2n) is 6.65. The lowest BCUT2D eigenvalue weighted by atomic mass is 10.1. The molecule has 0 amide bonds. The van der Waals surface area contributed by atoms with Crippen molar-refractivity contribution >= 4 is 23.5 Å². The van der Waals surface area contributed by atoms with Crippen molar-refractivity contribution in [2.45, 2.75) is 47.4 Å². The van der Waals surface area contributed by atoms with Crippen LogP contribution in [0.1, 0.15) is 23.7 Å². The van der Waals surface area contributed by atoms with Crippen molar-refractivity contribution in [3.63, 3.8) is 0 Å². The maximum Gasteiger partial charge on any atom is 0.268 e. The molecule has 138 valence electrons. The van der Waals surface area contributed by atoms with Gasteiger partial charge in [-0.15, -0.1) is 11.8 Å². The maximum atomic E-state index is 13.1. The lowest BCUT2D eigenvalue weighted by molar-refractivity contribution is 0.564. The maximum absolute atomic E-state index is 13.1. The van der Waals surface area contributed by atoms with E-state index in [1.165, 1.54) is 5.56 Å². The van der Waals surface area contributed by atoms with Crippen molar-refractivity contribution in [1.82, 2.24) is 14.5 Å². The predicted octanol–water partition coefficient (Wildman–Crippen LogP) is 4.21. The van der Waals surface area contributed by atoms with Crippen molar-refractivity contribution in [2.75, 3.05) is 0 Å². The Balaban J connectivity index is 1.62. The molecule has 27 heavy (non-hydrogen) atoms. The molecule has 1 aliphatic rings. The normalized spacial score (nSPS) is 15.7. The minimum absolute atomic E-state index is 0.110. The number of benzene rings is 1. The number of aryl methyl sites for hydroxylation is 1. The molecule has 0 saturated carbocycles. The second kappa shape index (κ2) is 8.31. The summed E-state index contributed by atoms with van der Waals surface area (Å²) in [6.45, 7) is 2.80. The van der Waals surface area contributed by atoms with E-state index >= 15 is 0 Å². The zero-order valence-corrected chi connectivity index (χ0v) is 16.8. The lowest BCUT2D eigenvalue weighted by Crippen LogP contribution is -2.26. The van der Waals surface area contributed by atoms with Gasteiger partial charge < -0.3 is 0 Å². The van der Waals surface area contributed by atoms with Gasteiger partial charge in [-0.2, -0.15) is 0 Å². The van der Waals surface area contributed by atoms with Gasteiger partial charge in [0.15, 0.2) is 5.16 Å². The second-order valence-corrected chi connectivity index (χ2v) is 9.04. The van der Waals surface area contributed by atoms with Crippen LogP contribution in [-0.2, 0) is 25.1 Å². The van der Waals surface area contributed by atoms with Gasteiger partial charge in [-0.05, 0) is 23.6 Å². The summed E-state index contributed by atoms with van der Waals surface area (Å²) in [7, 11) is 0. The van der Waals surface area contributed by atoms with Crippen LogP contribution in [0.4, 0.5) is 0 Å². The van der Waals surface area contributed by atoms with Gasteiger partial charge in [0, 0.05) is 36.4 Å². The van der Waals surface area contributed by atoms with Crippen LogP contribution in [0.5, 0.6) is 0 Å². The zero-order valence-electron chi connectivity index (χ0n) is 15.2. The van der Waals surface area contributed by atoms with Crippen LogP contribution in [0, 0.1) is 0 Å². The summed E-state index contributed by atoms with van der Waals surface area (Å²) in [5.41, 5.74) is 3.44. The van der Waals surface area contributed by atoms with E-state index in [0.717, 1.165) is 39.9 Å². The molecule has 0 spiro atoms. The molecule has 0 aliphatic carbocycles. The minimum atomic E-state index is 0.110. The van der Waals surface area contributed by atoms with Crippen LogP contribution in [0.2, 0.25) is 0 Å². The summed E-state index contributed by atoms with van der Waals surface area (Å²) in [6, 6.07) is 14.3. The van der Waals surface area contributed by atoms with Gasteiger partial charge in [-0.25, -0.2) is 4.98 Å². The molecule has 1 atom stereocenters. The monoisotopic (exact) mass is 395 g/mol. The Morgan fingerprint density at radius 1 is 1.19 bits per heavy atom. The molecule has 0 radical (unpaired) electrons. The van der Waals surface area contributed by atoms with Gasteiger partial charge in [0.1, 0.15) is 0 Å². The van der Waals surface area contributed by atoms with E-state index in [4.69, 9.17) is 4.98 Å². The molecule has 1 aliphatic heterocycles. The first kappa shape index (κ1) is 18.3. The summed E-state index contributed by atoms with van der Waals surface area (Å²) in [4.78, 5) is 23.0. The lowest BCUT2D eigenvalue weighted by Gasteiger charge is -2.13. The first-order valence-corrected chi connectivity index (χ1v) is 10.9. The van der Waals surface area contributed by atoms with Crippen LogP contribution in [0.3, 0.4) is 0 Å². The molecule has 0 saturated heterocycles. The van der Waals surface area contributed by atoms with E-state index in [2.05, 4.69) is 30.1 Å². The Labute approximate surface area is 167 Å². The Bertz CT molecular complexity index is 974. The van der Waals surface area contributed by atoms with E-state index in [9.17, 15) is 4.79 Å². The van der Waals surface area contributed by atoms with Crippen LogP contribution >= 0.6 is 23.5 Å². The van der Waals surface area contributed by atoms with Crippen LogP contribution in [-0.4, -0.2) is 19.8 Å². The molecule has 0 fully saturated rings. The van der Waals surface area contributed by atoms with Gasteiger partial charge in [0.2, 0.25) is 0 Å². The number of rotatable bonds is 6. The molecular weight excluding hydrogens is 374 g/mol. The van der Waals surface area contributed by atoms with E-state index in [1.54, 1.807) is 29.7 Å². The van der Waals surface area contributed by atoms with Gasteiger partial charge in [-0.3, -0.25) is 14.3 Å². The van der Waals surface area contributed by atoms with Gasteiger partial charge in [-0.1, -0.05) is 55.1 Å². The number of aromatic nitrogens is 3. The Morgan fingerprint density at radius 3 is 2.78 bits per heavy atom. The van der Waals surface area contributed by atoms with E-state index in [1.807, 2.05) is 35.0 Å². The molecule has 6 heteroatoms. The fourth-order valence-corrected chi connectivity index (χ4v) is 5.25. The third-order valence-corrected chi connectivity index (χ3v) is 6.78. The molecule has 1 aromatic carbocycles. The first-order chi connectivity index (χ1) is 13.2. The minimum Gasteiger partial charge on any atom is -0.286 e. The van der Waals surface area contributed by atoms with E-state index < -0.39 is 0 Å². The average molecular weight is 396 g/mol. The molecule has 4 nitrogen and oxygen atoms in total. The third-order valence-electron chi connectivity index (χ3n) is 4.52. The van der Waals surface area contributed by atoms with Crippen molar-refractivity contribution in [1.29, 1.82) is 0 Å². The SMILES string of the molecule is CC1Cc2nc(SCc3cccnc3)n(CCc3ccccc3)c(=O)c2S1.